The van der Waals surface area contributed by atoms with Crippen LogP contribution in [0.15, 0.2) is 68.9 Å². The van der Waals surface area contributed by atoms with Crippen LogP contribution in [0.1, 0.15) is 16.1 Å². The van der Waals surface area contributed by atoms with Gasteiger partial charge in [0.1, 0.15) is 11.5 Å². The summed E-state index contributed by atoms with van der Waals surface area (Å²) in [5.74, 6) is 0.529. The van der Waals surface area contributed by atoms with Crippen molar-refractivity contribution in [2.75, 3.05) is 14.2 Å². The van der Waals surface area contributed by atoms with Crippen molar-refractivity contribution < 1.29 is 18.7 Å². The van der Waals surface area contributed by atoms with Gasteiger partial charge in [-0.2, -0.15) is 0 Å². The number of aliphatic imine (C=N–C) groups is 1. The van der Waals surface area contributed by atoms with Gasteiger partial charge in [-0.05, 0) is 66.4 Å². The predicted molar refractivity (Wildman–Crippen MR) is 127 cm³/mol. The average molecular weight is 487 g/mol. The normalized spacial score (nSPS) is 16.2. The molecule has 1 amide bonds. The number of esters is 1. The molecule has 1 aromatic heterocycles. The van der Waals surface area contributed by atoms with Crippen LogP contribution in [0, 0.1) is 0 Å². The molecule has 1 aliphatic rings. The Bertz CT molecular complexity index is 1270. The van der Waals surface area contributed by atoms with Gasteiger partial charge in [0.15, 0.2) is 5.17 Å². The number of amidine groups is 1. The average Bonchev–Trinajstić information content (AvgIpc) is 3.36. The summed E-state index contributed by atoms with van der Waals surface area (Å²) in [5, 5.41) is 1.42. The van der Waals surface area contributed by atoms with Gasteiger partial charge in [-0.3, -0.25) is 9.69 Å². The SMILES string of the molecule is COC(=O)c1ccc(N=C2SC(=Cc3ccc(-c4ccc(Cl)c(Cl)c4)o3)C(=O)N2C)cc1. The number of halogens is 2. The van der Waals surface area contributed by atoms with E-state index in [9.17, 15) is 9.59 Å². The minimum atomic E-state index is -0.421. The van der Waals surface area contributed by atoms with Gasteiger partial charge in [0.25, 0.3) is 5.91 Å². The maximum atomic E-state index is 12.7. The second kappa shape index (κ2) is 9.24. The van der Waals surface area contributed by atoms with E-state index in [0.29, 0.717) is 42.9 Å². The number of carbonyl (C=O) groups is 2. The number of furan rings is 1. The van der Waals surface area contributed by atoms with Crippen LogP contribution < -0.4 is 0 Å². The largest absolute Gasteiger partial charge is 0.465 e. The standard InChI is InChI=1S/C23H16Cl2N2O4S/c1-27-21(28)20(32-23(27)26-15-6-3-13(4-7-15)22(29)30-2)12-16-8-10-19(31-16)14-5-9-17(24)18(25)11-14/h3-12H,1-2H3. The van der Waals surface area contributed by atoms with E-state index >= 15 is 0 Å². The lowest BCUT2D eigenvalue weighted by Crippen LogP contribution is -2.23. The van der Waals surface area contributed by atoms with Crippen LogP contribution in [0.2, 0.25) is 10.0 Å². The fourth-order valence-corrected chi connectivity index (χ4v) is 4.18. The van der Waals surface area contributed by atoms with Gasteiger partial charge < -0.3 is 9.15 Å². The maximum Gasteiger partial charge on any atom is 0.337 e. The molecule has 0 atom stereocenters. The fourth-order valence-electron chi connectivity index (χ4n) is 2.92. The monoisotopic (exact) mass is 486 g/mol. The second-order valence-electron chi connectivity index (χ2n) is 6.74. The van der Waals surface area contributed by atoms with Gasteiger partial charge in [0.05, 0.1) is 33.3 Å². The molecule has 0 unspecified atom stereocenters. The molecule has 32 heavy (non-hydrogen) atoms. The quantitative estimate of drug-likeness (QED) is 0.320. The molecule has 0 N–H and O–H groups in total. The minimum Gasteiger partial charge on any atom is -0.465 e. The highest BCUT2D eigenvalue weighted by molar-refractivity contribution is 8.18. The Hall–Kier alpha value is -3.00. The Kier molecular flexibility index (Phi) is 6.41. The number of carbonyl (C=O) groups excluding carboxylic acids is 2. The molecule has 0 bridgehead atoms. The van der Waals surface area contributed by atoms with Gasteiger partial charge in [-0.1, -0.05) is 23.2 Å². The van der Waals surface area contributed by atoms with Crippen LogP contribution >= 0.6 is 35.0 Å². The summed E-state index contributed by atoms with van der Waals surface area (Å²) in [7, 11) is 2.98. The van der Waals surface area contributed by atoms with Crippen molar-refractivity contribution in [2.24, 2.45) is 4.99 Å². The molecule has 4 rings (SSSR count). The summed E-state index contributed by atoms with van der Waals surface area (Å²) in [6.07, 6.45) is 1.67. The summed E-state index contributed by atoms with van der Waals surface area (Å²) >= 11 is 13.3. The third kappa shape index (κ3) is 4.60. The molecular weight excluding hydrogens is 471 g/mol. The molecule has 0 radical (unpaired) electrons. The third-order valence-corrected chi connectivity index (χ3v) is 6.42. The van der Waals surface area contributed by atoms with Crippen molar-refractivity contribution in [1.29, 1.82) is 0 Å². The first kappa shape index (κ1) is 22.2. The Morgan fingerprint density at radius 1 is 1.09 bits per heavy atom. The summed E-state index contributed by atoms with van der Waals surface area (Å²) < 4.78 is 10.6. The molecule has 0 aliphatic carbocycles. The van der Waals surface area contributed by atoms with Crippen LogP contribution in [0.25, 0.3) is 17.4 Å². The molecule has 3 aromatic rings. The number of ether oxygens (including phenoxy) is 1. The molecule has 2 aromatic carbocycles. The summed E-state index contributed by atoms with van der Waals surface area (Å²) in [6.45, 7) is 0. The number of rotatable bonds is 4. The van der Waals surface area contributed by atoms with E-state index in [0.717, 1.165) is 5.56 Å². The first-order valence-electron chi connectivity index (χ1n) is 9.35. The zero-order chi connectivity index (χ0) is 22.8. The van der Waals surface area contributed by atoms with E-state index in [1.807, 2.05) is 6.07 Å². The first-order valence-corrected chi connectivity index (χ1v) is 10.9. The third-order valence-electron chi connectivity index (χ3n) is 4.62. The molecule has 1 saturated heterocycles. The lowest BCUT2D eigenvalue weighted by Gasteiger charge is -2.07. The zero-order valence-electron chi connectivity index (χ0n) is 17.0. The Balaban J connectivity index is 1.55. The number of hydrogen-bond donors (Lipinski definition) is 0. The van der Waals surface area contributed by atoms with E-state index in [2.05, 4.69) is 4.99 Å². The van der Waals surface area contributed by atoms with Crippen molar-refractivity contribution >= 4 is 63.8 Å². The molecule has 1 aliphatic heterocycles. The number of amides is 1. The number of thioether (sulfide) groups is 1. The van der Waals surface area contributed by atoms with E-state index in [4.69, 9.17) is 32.4 Å². The van der Waals surface area contributed by atoms with Gasteiger partial charge in [0, 0.05) is 18.7 Å². The second-order valence-corrected chi connectivity index (χ2v) is 8.56. The lowest BCUT2D eigenvalue weighted by molar-refractivity contribution is -0.121. The Morgan fingerprint density at radius 2 is 1.84 bits per heavy atom. The first-order chi connectivity index (χ1) is 15.4. The van der Waals surface area contributed by atoms with Crippen LogP contribution in [0.5, 0.6) is 0 Å². The molecular formula is C23H16Cl2N2O4S. The van der Waals surface area contributed by atoms with Gasteiger partial charge >= 0.3 is 5.97 Å². The molecule has 162 valence electrons. The molecule has 9 heteroatoms. The highest BCUT2D eigenvalue weighted by Crippen LogP contribution is 2.35. The number of hydrogen-bond acceptors (Lipinski definition) is 6. The Labute approximate surface area is 198 Å². The van der Waals surface area contributed by atoms with Crippen molar-refractivity contribution in [3.8, 4) is 11.3 Å². The smallest absolute Gasteiger partial charge is 0.337 e. The molecule has 2 heterocycles. The Morgan fingerprint density at radius 3 is 2.53 bits per heavy atom. The van der Waals surface area contributed by atoms with Crippen LogP contribution in [0.3, 0.4) is 0 Å². The molecule has 0 spiro atoms. The highest BCUT2D eigenvalue weighted by Gasteiger charge is 2.30. The topological polar surface area (TPSA) is 72.1 Å². The van der Waals surface area contributed by atoms with Crippen molar-refractivity contribution in [3.05, 3.63) is 80.9 Å². The number of nitrogens with zero attached hydrogens (tertiary/aromatic N) is 2. The van der Waals surface area contributed by atoms with Crippen molar-refractivity contribution in [1.82, 2.24) is 4.90 Å². The van der Waals surface area contributed by atoms with Crippen LogP contribution in [0.4, 0.5) is 5.69 Å². The van der Waals surface area contributed by atoms with E-state index in [1.54, 1.807) is 61.7 Å². The van der Waals surface area contributed by atoms with E-state index < -0.39 is 5.97 Å². The van der Waals surface area contributed by atoms with E-state index in [1.165, 1.54) is 23.8 Å². The molecule has 6 nitrogen and oxygen atoms in total. The van der Waals surface area contributed by atoms with Gasteiger partial charge in [-0.15, -0.1) is 0 Å². The van der Waals surface area contributed by atoms with Crippen molar-refractivity contribution in [2.45, 2.75) is 0 Å². The fraction of sp³-hybridized carbons (Fsp3) is 0.0870. The predicted octanol–water partition coefficient (Wildman–Crippen LogP) is 6.27. The summed E-state index contributed by atoms with van der Waals surface area (Å²) in [5.41, 5.74) is 1.82. The minimum absolute atomic E-state index is 0.188. The lowest BCUT2D eigenvalue weighted by atomic mass is 10.2. The molecule has 1 fully saturated rings. The van der Waals surface area contributed by atoms with Crippen molar-refractivity contribution in [3.63, 3.8) is 0 Å². The van der Waals surface area contributed by atoms with Gasteiger partial charge in [0.2, 0.25) is 0 Å². The molecule has 0 saturated carbocycles. The highest BCUT2D eigenvalue weighted by atomic mass is 35.5. The number of methoxy groups -OCH3 is 1. The zero-order valence-corrected chi connectivity index (χ0v) is 19.3. The van der Waals surface area contributed by atoms with Crippen LogP contribution in [-0.4, -0.2) is 36.1 Å². The summed E-state index contributed by atoms with van der Waals surface area (Å²) in [4.78, 5) is 30.7. The van der Waals surface area contributed by atoms with Crippen LogP contribution in [-0.2, 0) is 9.53 Å². The maximum absolute atomic E-state index is 12.7. The number of likely N-dealkylation sites (N-methyl/N-ethyl adjacent to an activating group) is 1. The number of benzene rings is 2. The van der Waals surface area contributed by atoms with E-state index in [-0.39, 0.29) is 5.91 Å². The van der Waals surface area contributed by atoms with Gasteiger partial charge in [-0.25, -0.2) is 9.79 Å². The summed E-state index contributed by atoms with van der Waals surface area (Å²) in [6, 6.07) is 15.4.